The van der Waals surface area contributed by atoms with E-state index in [4.69, 9.17) is 30.9 Å². The van der Waals surface area contributed by atoms with Crippen LogP contribution in [0.25, 0.3) is 0 Å². The number of nitrogens with zero attached hydrogens (tertiary/aromatic N) is 3. The minimum absolute atomic E-state index is 0.0378. The third-order valence-corrected chi connectivity index (χ3v) is 5.51. The summed E-state index contributed by atoms with van der Waals surface area (Å²) >= 11 is 6.94. The summed E-state index contributed by atoms with van der Waals surface area (Å²) in [5.41, 5.74) is -0.284. The molecule has 3 aromatic rings. The molecule has 0 aliphatic carbocycles. The summed E-state index contributed by atoms with van der Waals surface area (Å²) in [6.45, 7) is 5.42. The highest BCUT2D eigenvalue weighted by molar-refractivity contribution is 7.59. The third kappa shape index (κ3) is 6.33. The number of hydrogen-bond donors (Lipinski definition) is 3. The van der Waals surface area contributed by atoms with Crippen LogP contribution >= 0.6 is 30.5 Å². The van der Waals surface area contributed by atoms with Crippen LogP contribution in [0.2, 0.25) is 4.34 Å². The van der Waals surface area contributed by atoms with E-state index < -0.39 is 18.9 Å². The van der Waals surface area contributed by atoms with Crippen LogP contribution in [0.15, 0.2) is 49.2 Å². The topological polar surface area (TPSA) is 144 Å². The van der Waals surface area contributed by atoms with Gasteiger partial charge in [-0.15, -0.1) is 10.2 Å². The Morgan fingerprint density at radius 1 is 1.29 bits per heavy atom. The molecule has 10 nitrogen and oxygen atoms in total. The van der Waals surface area contributed by atoms with E-state index in [1.807, 2.05) is 0 Å². The second-order valence-corrected chi connectivity index (χ2v) is 9.26. The number of carbonyl (C=O) groups excluding carboxylic acids is 1. The van der Waals surface area contributed by atoms with Crippen molar-refractivity contribution in [2.45, 2.75) is 13.0 Å². The van der Waals surface area contributed by atoms with E-state index >= 15 is 0 Å². The van der Waals surface area contributed by atoms with Crippen molar-refractivity contribution in [3.63, 3.8) is 0 Å². The Morgan fingerprint density at radius 2 is 2.03 bits per heavy atom. The molecule has 0 saturated carbocycles. The molecule has 2 aromatic heterocycles. The van der Waals surface area contributed by atoms with Gasteiger partial charge in [0.15, 0.2) is 10.6 Å². The zero-order valence-corrected chi connectivity index (χ0v) is 18.4. The Kier molecular flexibility index (Phi) is 7.04. The second-order valence-electron chi connectivity index (χ2n) is 6.05. The van der Waals surface area contributed by atoms with E-state index in [0.29, 0.717) is 15.2 Å². The average Bonchev–Trinajstić information content (AvgIpc) is 3.12. The van der Waals surface area contributed by atoms with Crippen molar-refractivity contribution in [3.8, 4) is 17.4 Å². The highest BCUT2D eigenvalue weighted by Crippen LogP contribution is 2.33. The molecule has 0 saturated heterocycles. The lowest BCUT2D eigenvalue weighted by atomic mass is 10.2. The minimum atomic E-state index is -4.53. The van der Waals surface area contributed by atoms with E-state index in [2.05, 4.69) is 27.1 Å². The molecule has 162 valence electrons. The third-order valence-electron chi connectivity index (χ3n) is 3.64. The van der Waals surface area contributed by atoms with Crippen LogP contribution in [0.3, 0.4) is 0 Å². The number of ether oxygens (including phenoxy) is 2. The lowest BCUT2D eigenvalue weighted by molar-refractivity contribution is 0.102. The lowest BCUT2D eigenvalue weighted by Gasteiger charge is -2.14. The van der Waals surface area contributed by atoms with Crippen molar-refractivity contribution >= 4 is 47.0 Å². The number of carbonyl (C=O) groups is 1. The summed E-state index contributed by atoms with van der Waals surface area (Å²) in [4.78, 5) is 34.9. The fourth-order valence-electron chi connectivity index (χ4n) is 2.22. The van der Waals surface area contributed by atoms with E-state index in [1.165, 1.54) is 30.5 Å². The van der Waals surface area contributed by atoms with Gasteiger partial charge in [-0.1, -0.05) is 35.6 Å². The Labute approximate surface area is 185 Å². The van der Waals surface area contributed by atoms with Gasteiger partial charge in [0.1, 0.15) is 21.9 Å². The van der Waals surface area contributed by atoms with E-state index in [1.54, 1.807) is 13.0 Å². The maximum Gasteiger partial charge on any atom is 0.376 e. The van der Waals surface area contributed by atoms with Gasteiger partial charge in [0.25, 0.3) is 5.91 Å². The van der Waals surface area contributed by atoms with Crippen LogP contribution in [-0.4, -0.2) is 37.0 Å². The summed E-state index contributed by atoms with van der Waals surface area (Å²) in [6, 6.07) is 6.83. The smallest absolute Gasteiger partial charge is 0.376 e. The van der Waals surface area contributed by atoms with Gasteiger partial charge in [0.2, 0.25) is 5.88 Å². The van der Waals surface area contributed by atoms with Crippen LogP contribution in [0, 0.1) is 0 Å². The van der Waals surface area contributed by atoms with Gasteiger partial charge in [-0.3, -0.25) is 14.7 Å². The standard InChI is InChI=1S/C18H16ClN4O6PS/c1-3-10(2)28-12-6-11(17(24)21-18-20-9-14(19)31-18)7-13(8-12)29-15-4-5-16(23-22-15)30(25,26)27/h3-10H,1H2,2H3,(H,20,21,24)(H2,25,26,27). The summed E-state index contributed by atoms with van der Waals surface area (Å²) < 4.78 is 22.9. The SMILES string of the molecule is C=CC(C)Oc1cc(Oc2ccc(P(=O)(O)O)nn2)cc(C(=O)Nc2ncc(Cl)s2)c1. The van der Waals surface area contributed by atoms with Gasteiger partial charge >= 0.3 is 7.60 Å². The number of nitrogens with one attached hydrogen (secondary N) is 1. The fourth-order valence-corrected chi connectivity index (χ4v) is 3.45. The zero-order valence-electron chi connectivity index (χ0n) is 15.9. The van der Waals surface area contributed by atoms with E-state index in [9.17, 15) is 9.36 Å². The van der Waals surface area contributed by atoms with Gasteiger partial charge in [0.05, 0.1) is 6.20 Å². The Morgan fingerprint density at radius 3 is 2.61 bits per heavy atom. The molecule has 1 unspecified atom stereocenters. The molecule has 3 rings (SSSR count). The summed E-state index contributed by atoms with van der Waals surface area (Å²) in [5.74, 6) is 0.000943. The van der Waals surface area contributed by atoms with Crippen LogP contribution in [0.1, 0.15) is 17.3 Å². The van der Waals surface area contributed by atoms with Crippen LogP contribution < -0.4 is 20.2 Å². The first-order chi connectivity index (χ1) is 14.6. The first-order valence-electron chi connectivity index (χ1n) is 8.58. The number of hydrogen-bond acceptors (Lipinski definition) is 8. The molecule has 1 atom stereocenters. The van der Waals surface area contributed by atoms with Gasteiger partial charge in [0, 0.05) is 17.7 Å². The Balaban J connectivity index is 1.88. The first kappa shape index (κ1) is 22.9. The molecular formula is C18H16ClN4O6PS. The summed E-state index contributed by atoms with van der Waals surface area (Å²) in [5, 5.41) is 10.1. The maximum absolute atomic E-state index is 12.7. The van der Waals surface area contributed by atoms with Crippen molar-refractivity contribution in [3.05, 3.63) is 59.1 Å². The lowest BCUT2D eigenvalue weighted by Crippen LogP contribution is -2.13. The molecule has 0 aliphatic rings. The van der Waals surface area contributed by atoms with Gasteiger partial charge in [-0.05, 0) is 25.1 Å². The quantitative estimate of drug-likeness (QED) is 0.325. The van der Waals surface area contributed by atoms with Gasteiger partial charge in [-0.2, -0.15) is 0 Å². The highest BCUT2D eigenvalue weighted by Gasteiger charge is 2.20. The van der Waals surface area contributed by atoms with E-state index in [-0.39, 0.29) is 23.3 Å². The highest BCUT2D eigenvalue weighted by atomic mass is 35.5. The number of amides is 1. The molecule has 1 amide bonds. The number of halogens is 1. The minimum Gasteiger partial charge on any atom is -0.487 e. The summed E-state index contributed by atoms with van der Waals surface area (Å²) in [7, 11) is -4.53. The molecule has 0 bridgehead atoms. The summed E-state index contributed by atoms with van der Waals surface area (Å²) in [6.07, 6.45) is 2.66. The number of thiazole rings is 1. The van der Waals surface area contributed by atoms with Crippen LogP contribution in [-0.2, 0) is 4.57 Å². The molecule has 0 radical (unpaired) electrons. The van der Waals surface area contributed by atoms with E-state index in [0.717, 1.165) is 17.4 Å². The molecule has 13 heteroatoms. The number of benzene rings is 1. The molecular weight excluding hydrogens is 467 g/mol. The molecule has 0 fully saturated rings. The van der Waals surface area contributed by atoms with Crippen LogP contribution in [0.5, 0.6) is 17.4 Å². The van der Waals surface area contributed by atoms with Crippen molar-refractivity contribution in [2.24, 2.45) is 0 Å². The normalized spacial score (nSPS) is 12.1. The largest absolute Gasteiger partial charge is 0.487 e. The van der Waals surface area contributed by atoms with Crippen molar-refractivity contribution in [1.29, 1.82) is 0 Å². The van der Waals surface area contributed by atoms with Gasteiger partial charge in [-0.25, -0.2) is 4.98 Å². The Bertz CT molecular complexity index is 1150. The predicted octanol–water partition coefficient (Wildman–Crippen LogP) is 3.39. The maximum atomic E-state index is 12.7. The zero-order chi connectivity index (χ0) is 22.6. The molecule has 1 aromatic carbocycles. The average molecular weight is 483 g/mol. The molecule has 0 spiro atoms. The fraction of sp³-hybridized carbons (Fsp3) is 0.111. The monoisotopic (exact) mass is 482 g/mol. The second kappa shape index (κ2) is 9.54. The van der Waals surface area contributed by atoms with Crippen molar-refractivity contribution in [2.75, 3.05) is 5.32 Å². The van der Waals surface area contributed by atoms with Gasteiger partial charge < -0.3 is 19.3 Å². The van der Waals surface area contributed by atoms with Crippen LogP contribution in [0.4, 0.5) is 5.13 Å². The molecule has 0 aliphatic heterocycles. The predicted molar refractivity (Wildman–Crippen MR) is 116 cm³/mol. The molecule has 31 heavy (non-hydrogen) atoms. The number of aromatic nitrogens is 3. The Hall–Kier alpha value is -2.82. The number of anilines is 1. The number of rotatable bonds is 8. The van der Waals surface area contributed by atoms with Crippen molar-refractivity contribution < 1.29 is 28.6 Å². The van der Waals surface area contributed by atoms with Crippen molar-refractivity contribution in [1.82, 2.24) is 15.2 Å². The molecule has 2 heterocycles. The molecule has 3 N–H and O–H groups in total. The first-order valence-corrected chi connectivity index (χ1v) is 11.4.